The Morgan fingerprint density at radius 3 is 1.89 bits per heavy atom. The average molecular weight is 571 g/mol. The molecular weight excluding hydrogens is 532 g/mol. The van der Waals surface area contributed by atoms with E-state index in [0.29, 0.717) is 27.9 Å². The van der Waals surface area contributed by atoms with Gasteiger partial charge in [0.05, 0.1) is 28.7 Å². The monoisotopic (exact) mass is 570 g/mol. The van der Waals surface area contributed by atoms with Crippen LogP contribution in [0, 0.1) is 0 Å². The molecule has 2 nitrogen and oxygen atoms in total. The van der Waals surface area contributed by atoms with Crippen molar-refractivity contribution in [3.8, 4) is 22.3 Å². The first-order valence-corrected chi connectivity index (χ1v) is 14.7. The summed E-state index contributed by atoms with van der Waals surface area (Å²) in [5, 5.41) is 4.36. The number of rotatable bonds is 3. The van der Waals surface area contributed by atoms with Crippen molar-refractivity contribution in [3.63, 3.8) is 0 Å². The highest BCUT2D eigenvalue weighted by atomic mass is 15.3. The van der Waals surface area contributed by atoms with Crippen LogP contribution in [0.4, 0.5) is 5.69 Å². The molecule has 0 N–H and O–H groups in total. The lowest BCUT2D eigenvalue weighted by molar-refractivity contribution is 0.739. The molecule has 0 fully saturated rings. The van der Waals surface area contributed by atoms with Crippen LogP contribution in [0.1, 0.15) is 17.9 Å². The quantitative estimate of drug-likeness (QED) is 0.152. The molecule has 9 rings (SSSR count). The Hall–Kier alpha value is -5.47. The largest absolute Gasteiger partial charge is 0.320 e. The number of nitrogens with zero attached hydrogens (tertiary/aromatic N) is 2. The lowest BCUT2D eigenvalue weighted by atomic mass is 9.83. The third-order valence-corrected chi connectivity index (χ3v) is 8.91. The SMILES string of the molecule is [2H]c1c([2H])c([2H])c2c(-c3cc4ccccc4c4ccccc34)c3c([2H])c([2H])c([2H])c([2H])c3c(-c3ccccc3N3C(C)=NC4C=CC=CC43)c2c1[2H]. The van der Waals surface area contributed by atoms with Gasteiger partial charge in [0.1, 0.15) is 5.84 Å². The molecule has 0 aromatic heterocycles. The molecule has 7 aromatic rings. The smallest absolute Gasteiger partial charge is 0.102 e. The van der Waals surface area contributed by atoms with Crippen LogP contribution in [0.5, 0.6) is 0 Å². The van der Waals surface area contributed by atoms with Crippen LogP contribution in [-0.4, -0.2) is 17.9 Å². The molecule has 7 aromatic carbocycles. The van der Waals surface area contributed by atoms with E-state index in [1.807, 2.05) is 104 Å². The van der Waals surface area contributed by atoms with Gasteiger partial charge in [-0.1, -0.05) is 139 Å². The molecule has 0 radical (unpaired) electrons. The summed E-state index contributed by atoms with van der Waals surface area (Å²) in [7, 11) is 0. The molecule has 2 heteroatoms. The summed E-state index contributed by atoms with van der Waals surface area (Å²) in [5.41, 5.74) is 2.55. The zero-order valence-corrected chi connectivity index (χ0v) is 23.9. The number of allylic oxidation sites excluding steroid dienone is 2. The van der Waals surface area contributed by atoms with Gasteiger partial charge in [0.15, 0.2) is 0 Å². The predicted molar refractivity (Wildman–Crippen MR) is 189 cm³/mol. The molecule has 2 atom stereocenters. The fourth-order valence-electron chi connectivity index (χ4n) is 7.09. The maximum absolute atomic E-state index is 9.49. The molecule has 0 saturated heterocycles. The second-order valence-electron chi connectivity index (χ2n) is 11.3. The highest BCUT2D eigenvalue weighted by molar-refractivity contribution is 6.26. The van der Waals surface area contributed by atoms with Crippen molar-refractivity contribution >= 4 is 54.6 Å². The molecule has 1 heterocycles. The van der Waals surface area contributed by atoms with E-state index < -0.39 is 24.2 Å². The number of hydrogen-bond donors (Lipinski definition) is 0. The number of anilines is 1. The molecule has 0 amide bonds. The maximum Gasteiger partial charge on any atom is 0.102 e. The van der Waals surface area contributed by atoms with Crippen molar-refractivity contribution in [2.45, 2.75) is 19.0 Å². The Bertz CT molecular complexity index is 2740. The highest BCUT2D eigenvalue weighted by Gasteiger charge is 2.34. The van der Waals surface area contributed by atoms with Gasteiger partial charge in [-0.2, -0.15) is 0 Å². The molecule has 0 spiro atoms. The van der Waals surface area contributed by atoms with E-state index in [0.717, 1.165) is 27.4 Å². The summed E-state index contributed by atoms with van der Waals surface area (Å²) in [5.74, 6) is 0.760. The summed E-state index contributed by atoms with van der Waals surface area (Å²) < 4.78 is 73.6. The minimum Gasteiger partial charge on any atom is -0.320 e. The van der Waals surface area contributed by atoms with Gasteiger partial charge in [-0.3, -0.25) is 4.99 Å². The van der Waals surface area contributed by atoms with E-state index in [4.69, 9.17) is 10.5 Å². The predicted octanol–water partition coefficient (Wildman–Crippen LogP) is 10.7. The number of fused-ring (bicyclic) bond motifs is 6. The standard InChI is InChI=1S/C42H30N2/c1-27-43-38-23-11-13-25-40(38)44(27)39-24-12-10-22-36(39)41-32-18-6-8-20-34(32)42(35-21-9-7-19-33(35)41)37-26-28-14-2-3-15-29(28)30-16-4-5-17-31(30)37/h2-26,38,40H,1H3/i6D,7D,8D,9D,18D,19D,20D,21D. The first kappa shape index (κ1) is 18.3. The molecule has 2 aliphatic rings. The average Bonchev–Trinajstić information content (AvgIpc) is 3.51. The molecule has 208 valence electrons. The molecule has 1 aliphatic heterocycles. The normalized spacial score (nSPS) is 20.1. The Labute approximate surface area is 268 Å². The lowest BCUT2D eigenvalue weighted by Gasteiger charge is -2.30. The summed E-state index contributed by atoms with van der Waals surface area (Å²) in [4.78, 5) is 7.01. The van der Waals surface area contributed by atoms with Crippen LogP contribution in [0.3, 0.4) is 0 Å². The van der Waals surface area contributed by atoms with Gasteiger partial charge in [0.25, 0.3) is 0 Å². The minimum atomic E-state index is -0.426. The van der Waals surface area contributed by atoms with E-state index in [2.05, 4.69) is 11.0 Å². The zero-order valence-electron chi connectivity index (χ0n) is 31.9. The van der Waals surface area contributed by atoms with Gasteiger partial charge < -0.3 is 4.90 Å². The van der Waals surface area contributed by atoms with Gasteiger partial charge in [0.2, 0.25) is 0 Å². The van der Waals surface area contributed by atoms with Crippen LogP contribution in [-0.2, 0) is 0 Å². The summed E-state index contributed by atoms with van der Waals surface area (Å²) in [6, 6.07) is 22.1. The maximum atomic E-state index is 9.49. The van der Waals surface area contributed by atoms with Crippen molar-refractivity contribution in [2.75, 3.05) is 4.90 Å². The summed E-state index contributed by atoms with van der Waals surface area (Å²) in [6.45, 7) is 1.93. The Balaban J connectivity index is 1.55. The second-order valence-corrected chi connectivity index (χ2v) is 11.3. The van der Waals surface area contributed by atoms with Crippen molar-refractivity contribution in [1.82, 2.24) is 0 Å². The van der Waals surface area contributed by atoms with Gasteiger partial charge in [0, 0.05) is 5.56 Å². The first-order chi connectivity index (χ1) is 25.1. The van der Waals surface area contributed by atoms with Crippen molar-refractivity contribution in [2.24, 2.45) is 4.99 Å². The second kappa shape index (κ2) is 9.79. The van der Waals surface area contributed by atoms with E-state index >= 15 is 0 Å². The Morgan fingerprint density at radius 1 is 0.591 bits per heavy atom. The minimum absolute atomic E-state index is 0.121. The number of amidine groups is 1. The van der Waals surface area contributed by atoms with Crippen LogP contribution < -0.4 is 4.90 Å². The first-order valence-electron chi connectivity index (χ1n) is 18.7. The van der Waals surface area contributed by atoms with Gasteiger partial charge in [-0.25, -0.2) is 0 Å². The lowest BCUT2D eigenvalue weighted by Crippen LogP contribution is -2.38. The molecule has 0 bridgehead atoms. The van der Waals surface area contributed by atoms with E-state index in [1.54, 1.807) is 0 Å². The highest BCUT2D eigenvalue weighted by Crippen LogP contribution is 2.48. The fraction of sp³-hybridized carbons (Fsp3) is 0.0714. The zero-order chi connectivity index (χ0) is 36.2. The number of aliphatic imine (C=N–C) groups is 1. The van der Waals surface area contributed by atoms with Crippen LogP contribution in [0.2, 0.25) is 0 Å². The fourth-order valence-corrected chi connectivity index (χ4v) is 7.09. The molecule has 0 saturated carbocycles. The number of benzene rings is 7. The molecule has 2 unspecified atom stereocenters. The van der Waals surface area contributed by atoms with E-state index in [1.165, 1.54) is 0 Å². The molecule has 1 aliphatic carbocycles. The van der Waals surface area contributed by atoms with Crippen LogP contribution in [0.25, 0.3) is 65.3 Å². The van der Waals surface area contributed by atoms with Crippen molar-refractivity contribution < 1.29 is 11.0 Å². The number of para-hydroxylation sites is 1. The van der Waals surface area contributed by atoms with Crippen LogP contribution in [0.15, 0.2) is 156 Å². The molecular formula is C42H30N2. The third kappa shape index (κ3) is 3.64. The van der Waals surface area contributed by atoms with Gasteiger partial charge >= 0.3 is 0 Å². The van der Waals surface area contributed by atoms with Crippen molar-refractivity contribution in [3.05, 3.63) is 152 Å². The molecule has 44 heavy (non-hydrogen) atoms. The Morgan fingerprint density at radius 2 is 1.16 bits per heavy atom. The van der Waals surface area contributed by atoms with Gasteiger partial charge in [-0.15, -0.1) is 0 Å². The van der Waals surface area contributed by atoms with E-state index in [-0.39, 0.29) is 57.8 Å². The van der Waals surface area contributed by atoms with E-state index in [9.17, 15) is 5.48 Å². The third-order valence-electron chi connectivity index (χ3n) is 8.91. The van der Waals surface area contributed by atoms with Crippen LogP contribution >= 0.6 is 0 Å². The Kier molecular flexibility index (Phi) is 4.06. The summed E-state index contributed by atoms with van der Waals surface area (Å²) in [6.07, 6.45) is 8.06. The van der Waals surface area contributed by atoms with Crippen molar-refractivity contribution in [1.29, 1.82) is 0 Å². The number of hydrogen-bond acceptors (Lipinski definition) is 2. The topological polar surface area (TPSA) is 15.6 Å². The summed E-state index contributed by atoms with van der Waals surface area (Å²) >= 11 is 0. The van der Waals surface area contributed by atoms with Gasteiger partial charge in [-0.05, 0) is 78.8 Å².